The Morgan fingerprint density at radius 3 is 2.23 bits per heavy atom. The zero-order chi connectivity index (χ0) is 13.1. The molecule has 1 unspecified atom stereocenters. The van der Waals surface area contributed by atoms with E-state index in [2.05, 4.69) is 16.0 Å². The van der Waals surface area contributed by atoms with Crippen LogP contribution < -0.4 is 0 Å². The van der Waals surface area contributed by atoms with E-state index in [4.69, 9.17) is 11.6 Å². The number of pyridine rings is 2. The van der Waals surface area contributed by atoms with E-state index in [1.54, 1.807) is 12.4 Å². The molecular weight excluding hydrogens is 483 g/mol. The monoisotopic (exact) mass is 499 g/mol. The average molecular weight is 500 g/mol. The molecule has 0 aliphatic heterocycles. The van der Waals surface area contributed by atoms with Crippen LogP contribution in [0.2, 0.25) is 0 Å². The topological polar surface area (TPSA) is 88.8 Å². The number of hydrogen-bond donors (Lipinski definition) is 0. The first-order valence-electron chi connectivity index (χ1n) is 6.18. The number of rotatable bonds is 2. The molecule has 0 saturated carbocycles. The molecule has 0 radical (unpaired) electrons. The third kappa shape index (κ3) is 4.34. The molecule has 4 N–H and O–H groups in total. The number of nitrogens with zero attached hydrogens (tertiary/aromatic N) is 2. The van der Waals surface area contributed by atoms with E-state index in [1.165, 1.54) is 0 Å². The normalized spacial score (nSPS) is 19.0. The van der Waals surface area contributed by atoms with Gasteiger partial charge in [0.05, 0.1) is 11.4 Å². The van der Waals surface area contributed by atoms with Crippen LogP contribution >= 0.6 is 11.6 Å². The number of halogens is 1. The van der Waals surface area contributed by atoms with Crippen molar-refractivity contribution in [3.05, 3.63) is 78.4 Å². The van der Waals surface area contributed by atoms with E-state index in [1.807, 2.05) is 48.6 Å². The van der Waals surface area contributed by atoms with Crippen LogP contribution in [0.25, 0.3) is 5.57 Å². The summed E-state index contributed by atoms with van der Waals surface area (Å²) in [5.41, 5.74) is 2.96. The second-order valence-electron chi connectivity index (χ2n) is 4.52. The molecule has 4 nitrogen and oxygen atoms in total. The van der Waals surface area contributed by atoms with Gasteiger partial charge in [0.2, 0.25) is 0 Å². The number of hydrogen-bond acceptors (Lipinski definition) is 2. The van der Waals surface area contributed by atoms with Crippen molar-refractivity contribution >= 4 is 17.2 Å². The maximum absolute atomic E-state index is 6.73. The van der Waals surface area contributed by atoms with Crippen molar-refractivity contribution in [3.8, 4) is 0 Å². The fourth-order valence-electron chi connectivity index (χ4n) is 2.22. The fourth-order valence-corrected chi connectivity index (χ4v) is 2.55. The van der Waals surface area contributed by atoms with Gasteiger partial charge in [0.25, 0.3) is 0 Å². The Labute approximate surface area is 148 Å². The Balaban J connectivity index is 0.00000147. The van der Waals surface area contributed by atoms with Gasteiger partial charge in [0.15, 0.2) is 0 Å². The van der Waals surface area contributed by atoms with Crippen molar-refractivity contribution in [2.24, 2.45) is 0 Å². The van der Waals surface area contributed by atoms with E-state index in [9.17, 15) is 0 Å². The Morgan fingerprint density at radius 2 is 1.64 bits per heavy atom. The van der Waals surface area contributed by atoms with Crippen LogP contribution in [0.15, 0.2) is 67.0 Å². The molecule has 2 aromatic rings. The number of alkyl halides is 1. The van der Waals surface area contributed by atoms with Crippen LogP contribution in [0.1, 0.15) is 17.8 Å². The largest absolute Gasteiger partial charge is 0.412 e. The van der Waals surface area contributed by atoms with Crippen LogP contribution in [0.4, 0.5) is 0 Å². The first-order valence-corrected chi connectivity index (χ1v) is 6.56. The Bertz CT molecular complexity index is 635. The van der Waals surface area contributed by atoms with Crippen molar-refractivity contribution in [2.75, 3.05) is 0 Å². The van der Waals surface area contributed by atoms with Crippen LogP contribution in [0.5, 0.6) is 0 Å². The van der Waals surface area contributed by atoms with Gasteiger partial charge in [-0.05, 0) is 29.8 Å². The SMILES string of the molecule is ClC1(c2ccccn2)C=CC=C(c2ccccn2)C1.O.O.[Pt]. The predicted octanol–water partition coefficient (Wildman–Crippen LogP) is 2.30. The minimum Gasteiger partial charge on any atom is -0.412 e. The van der Waals surface area contributed by atoms with Crippen LogP contribution in [0.3, 0.4) is 0 Å². The average Bonchev–Trinajstić information content (AvgIpc) is 2.49. The molecule has 22 heavy (non-hydrogen) atoms. The maximum Gasteiger partial charge on any atom is 0.109 e. The molecule has 120 valence electrons. The second kappa shape index (κ2) is 8.96. The van der Waals surface area contributed by atoms with E-state index >= 15 is 0 Å². The van der Waals surface area contributed by atoms with E-state index in [-0.39, 0.29) is 32.0 Å². The summed E-state index contributed by atoms with van der Waals surface area (Å²) in [7, 11) is 0. The van der Waals surface area contributed by atoms with Gasteiger partial charge in [-0.25, -0.2) is 0 Å². The molecule has 2 aromatic heterocycles. The van der Waals surface area contributed by atoms with Gasteiger partial charge < -0.3 is 11.0 Å². The molecule has 2 heterocycles. The zero-order valence-corrected chi connectivity index (χ0v) is 14.7. The van der Waals surface area contributed by atoms with E-state index in [0.717, 1.165) is 17.0 Å². The molecule has 0 saturated heterocycles. The summed E-state index contributed by atoms with van der Waals surface area (Å²) in [4.78, 5) is 8.17. The standard InChI is InChI=1S/C16H13ClN2.2H2O.Pt/c17-16(15-8-2-4-11-19-15)9-5-6-13(12-16)14-7-1-3-10-18-14;;;/h1-11H,12H2;2*1H2;. The van der Waals surface area contributed by atoms with Gasteiger partial charge in [0, 0.05) is 39.9 Å². The molecule has 0 amide bonds. The van der Waals surface area contributed by atoms with Crippen molar-refractivity contribution in [1.29, 1.82) is 0 Å². The first-order chi connectivity index (χ1) is 9.28. The van der Waals surface area contributed by atoms with Crippen molar-refractivity contribution in [3.63, 3.8) is 0 Å². The van der Waals surface area contributed by atoms with Gasteiger partial charge >= 0.3 is 0 Å². The molecule has 6 heteroatoms. The summed E-state index contributed by atoms with van der Waals surface area (Å²) in [5, 5.41) is 0. The molecular formula is C16H17ClN2O2Pt. The third-order valence-corrected chi connectivity index (χ3v) is 3.64. The van der Waals surface area contributed by atoms with Crippen LogP contribution in [-0.4, -0.2) is 20.9 Å². The minimum atomic E-state index is -0.580. The Morgan fingerprint density at radius 1 is 0.955 bits per heavy atom. The van der Waals surface area contributed by atoms with Gasteiger partial charge in [0.1, 0.15) is 4.87 Å². The summed E-state index contributed by atoms with van der Waals surface area (Å²) >= 11 is 6.73. The first kappa shape index (κ1) is 20.7. The quantitative estimate of drug-likeness (QED) is 0.594. The van der Waals surface area contributed by atoms with Gasteiger partial charge in [-0.2, -0.15) is 0 Å². The molecule has 1 aliphatic carbocycles. The molecule has 1 aliphatic rings. The second-order valence-corrected chi connectivity index (χ2v) is 5.19. The predicted molar refractivity (Wildman–Crippen MR) is 85.0 cm³/mol. The molecule has 0 aromatic carbocycles. The summed E-state index contributed by atoms with van der Waals surface area (Å²) in [6, 6.07) is 11.7. The summed E-state index contributed by atoms with van der Waals surface area (Å²) in [6.45, 7) is 0. The minimum absolute atomic E-state index is 0. The number of aromatic nitrogens is 2. The van der Waals surface area contributed by atoms with Crippen molar-refractivity contribution in [2.45, 2.75) is 11.3 Å². The van der Waals surface area contributed by atoms with Crippen LogP contribution in [-0.2, 0) is 25.9 Å². The smallest absolute Gasteiger partial charge is 0.109 e. The third-order valence-electron chi connectivity index (χ3n) is 3.19. The fraction of sp³-hybridized carbons (Fsp3) is 0.125. The van der Waals surface area contributed by atoms with E-state index < -0.39 is 4.87 Å². The molecule has 3 rings (SSSR count). The van der Waals surface area contributed by atoms with Crippen molar-refractivity contribution in [1.82, 2.24) is 9.97 Å². The molecule has 1 atom stereocenters. The molecule has 0 fully saturated rings. The van der Waals surface area contributed by atoms with Crippen molar-refractivity contribution < 1.29 is 32.0 Å². The zero-order valence-electron chi connectivity index (χ0n) is 11.6. The van der Waals surface area contributed by atoms with Crippen LogP contribution in [0, 0.1) is 0 Å². The Kier molecular flexibility index (Phi) is 8.42. The summed E-state index contributed by atoms with van der Waals surface area (Å²) < 4.78 is 0. The molecule has 0 bridgehead atoms. The summed E-state index contributed by atoms with van der Waals surface area (Å²) in [5.74, 6) is 0. The van der Waals surface area contributed by atoms with Gasteiger partial charge in [-0.15, -0.1) is 11.6 Å². The summed E-state index contributed by atoms with van der Waals surface area (Å²) in [6.07, 6.45) is 10.3. The maximum atomic E-state index is 6.73. The van der Waals surface area contributed by atoms with Gasteiger partial charge in [-0.3, -0.25) is 9.97 Å². The van der Waals surface area contributed by atoms with Gasteiger partial charge in [-0.1, -0.05) is 30.4 Å². The van der Waals surface area contributed by atoms with E-state index in [0.29, 0.717) is 6.42 Å². The Hall–Kier alpha value is -1.32. The number of allylic oxidation sites excluding steroid dienone is 4. The molecule has 0 spiro atoms.